The van der Waals surface area contributed by atoms with Gasteiger partial charge in [-0.2, -0.15) is 4.98 Å². The molecule has 130 valence electrons. The molecule has 6 heteroatoms. The van der Waals surface area contributed by atoms with Crippen LogP contribution in [0.25, 0.3) is 22.1 Å². The lowest BCUT2D eigenvalue weighted by Crippen LogP contribution is -2.03. The van der Waals surface area contributed by atoms with Gasteiger partial charge in [0.2, 0.25) is 5.88 Å². The van der Waals surface area contributed by atoms with Gasteiger partial charge in [-0.1, -0.05) is 35.5 Å². The molecular weight excluding hydrogens is 338 g/mol. The lowest BCUT2D eigenvalue weighted by atomic mass is 10.1. The monoisotopic (exact) mass is 353 g/mol. The van der Waals surface area contributed by atoms with Crippen molar-refractivity contribution >= 4 is 22.1 Å². The van der Waals surface area contributed by atoms with Gasteiger partial charge in [-0.25, -0.2) is 4.68 Å². The number of fused-ring (bicyclic) bond motifs is 2. The van der Waals surface area contributed by atoms with Crippen LogP contribution in [-0.4, -0.2) is 25.0 Å². The lowest BCUT2D eigenvalue weighted by Gasteiger charge is -2.06. The summed E-state index contributed by atoms with van der Waals surface area (Å²) in [7, 11) is 0. The molecule has 0 aliphatic carbocycles. The zero-order chi connectivity index (χ0) is 18.1. The molecule has 27 heavy (non-hydrogen) atoms. The van der Waals surface area contributed by atoms with Gasteiger partial charge in [0.1, 0.15) is 11.3 Å². The summed E-state index contributed by atoms with van der Waals surface area (Å²) in [5.74, 6) is 1.25. The van der Waals surface area contributed by atoms with E-state index >= 15 is 0 Å². The Labute approximate surface area is 155 Å². The maximum absolute atomic E-state index is 5.83. The van der Waals surface area contributed by atoms with E-state index in [-0.39, 0.29) is 0 Å². The minimum absolute atomic E-state index is 0.514. The first-order valence-electron chi connectivity index (χ1n) is 8.62. The van der Waals surface area contributed by atoms with Crippen LogP contribution in [-0.2, 0) is 6.54 Å². The van der Waals surface area contributed by atoms with Gasteiger partial charge in [-0.05, 0) is 42.0 Å². The Balaban J connectivity index is 1.48. The Hall–Kier alpha value is -3.80. The third kappa shape index (κ3) is 3.08. The number of para-hydroxylation sites is 1. The van der Waals surface area contributed by atoms with Gasteiger partial charge < -0.3 is 4.74 Å². The summed E-state index contributed by atoms with van der Waals surface area (Å²) in [6.07, 6.45) is 1.80. The number of nitrogens with zero attached hydrogens (tertiary/aromatic N) is 5. The number of ether oxygens (including phenoxy) is 1. The van der Waals surface area contributed by atoms with Crippen molar-refractivity contribution < 1.29 is 4.74 Å². The highest BCUT2D eigenvalue weighted by Crippen LogP contribution is 2.22. The molecule has 0 spiro atoms. The molecule has 3 heterocycles. The smallest absolute Gasteiger partial charge is 0.221 e. The summed E-state index contributed by atoms with van der Waals surface area (Å²) in [5.41, 5.74) is 3.51. The van der Waals surface area contributed by atoms with Crippen LogP contribution in [0, 0.1) is 0 Å². The number of hydrogen-bond acceptors (Lipinski definition) is 5. The molecule has 0 saturated heterocycles. The van der Waals surface area contributed by atoms with Gasteiger partial charge in [0.05, 0.1) is 12.1 Å². The molecule has 5 aromatic rings. The van der Waals surface area contributed by atoms with Gasteiger partial charge in [0, 0.05) is 17.6 Å². The van der Waals surface area contributed by atoms with Gasteiger partial charge >= 0.3 is 0 Å². The Morgan fingerprint density at radius 3 is 2.67 bits per heavy atom. The van der Waals surface area contributed by atoms with Crippen LogP contribution in [0.15, 0.2) is 79.0 Å². The summed E-state index contributed by atoms with van der Waals surface area (Å²) < 4.78 is 7.61. The van der Waals surface area contributed by atoms with Crippen molar-refractivity contribution in [2.45, 2.75) is 6.54 Å². The van der Waals surface area contributed by atoms with Crippen molar-refractivity contribution in [3.8, 4) is 11.6 Å². The molecule has 0 aliphatic rings. The fourth-order valence-electron chi connectivity index (χ4n) is 3.01. The first-order valence-corrected chi connectivity index (χ1v) is 8.62. The van der Waals surface area contributed by atoms with E-state index in [4.69, 9.17) is 4.74 Å². The highest BCUT2D eigenvalue weighted by Gasteiger charge is 2.09. The molecule has 0 saturated carbocycles. The van der Waals surface area contributed by atoms with Crippen molar-refractivity contribution in [2.24, 2.45) is 0 Å². The minimum Gasteiger partial charge on any atom is -0.439 e. The highest BCUT2D eigenvalue weighted by atomic mass is 16.5. The van der Waals surface area contributed by atoms with Crippen LogP contribution >= 0.6 is 0 Å². The second-order valence-corrected chi connectivity index (χ2v) is 6.18. The quantitative estimate of drug-likeness (QED) is 0.484. The molecule has 0 fully saturated rings. The van der Waals surface area contributed by atoms with Crippen LogP contribution in [0.1, 0.15) is 5.56 Å². The largest absolute Gasteiger partial charge is 0.439 e. The second-order valence-electron chi connectivity index (χ2n) is 6.18. The molecule has 2 aromatic carbocycles. The van der Waals surface area contributed by atoms with E-state index < -0.39 is 0 Å². The van der Waals surface area contributed by atoms with E-state index in [0.29, 0.717) is 18.1 Å². The van der Waals surface area contributed by atoms with E-state index in [9.17, 15) is 0 Å². The average molecular weight is 353 g/mol. The van der Waals surface area contributed by atoms with Crippen molar-refractivity contribution in [1.29, 1.82) is 0 Å². The molecule has 0 radical (unpaired) electrons. The van der Waals surface area contributed by atoms with Crippen molar-refractivity contribution in [2.75, 3.05) is 0 Å². The summed E-state index contributed by atoms with van der Waals surface area (Å²) in [5, 5.41) is 9.56. The molecule has 0 N–H and O–H groups in total. The minimum atomic E-state index is 0.514. The van der Waals surface area contributed by atoms with E-state index in [1.807, 2.05) is 54.6 Å². The van der Waals surface area contributed by atoms with Gasteiger partial charge in [0.25, 0.3) is 0 Å². The molecule has 0 atom stereocenters. The molecule has 0 aliphatic heterocycles. The summed E-state index contributed by atoms with van der Waals surface area (Å²) in [6.45, 7) is 0.573. The van der Waals surface area contributed by atoms with Gasteiger partial charge in [-0.3, -0.25) is 4.98 Å². The maximum atomic E-state index is 5.83. The number of hydrogen-bond donors (Lipinski definition) is 0. The topological polar surface area (TPSA) is 65.7 Å². The Morgan fingerprint density at radius 1 is 0.852 bits per heavy atom. The molecule has 6 nitrogen and oxygen atoms in total. The van der Waals surface area contributed by atoms with Crippen molar-refractivity contribution in [1.82, 2.24) is 25.0 Å². The first kappa shape index (κ1) is 15.5. The van der Waals surface area contributed by atoms with Gasteiger partial charge in [0.15, 0.2) is 5.65 Å². The predicted octanol–water partition coefficient (Wildman–Crippen LogP) is 4.22. The number of benzene rings is 2. The first-order chi connectivity index (χ1) is 13.3. The predicted molar refractivity (Wildman–Crippen MR) is 103 cm³/mol. The third-order valence-corrected chi connectivity index (χ3v) is 4.30. The molecular formula is C21H15N5O. The zero-order valence-electron chi connectivity index (χ0n) is 14.4. The van der Waals surface area contributed by atoms with Crippen LogP contribution < -0.4 is 4.74 Å². The van der Waals surface area contributed by atoms with Crippen molar-refractivity contribution in [3.05, 3.63) is 84.6 Å². The van der Waals surface area contributed by atoms with Crippen LogP contribution in [0.2, 0.25) is 0 Å². The van der Waals surface area contributed by atoms with Crippen LogP contribution in [0.4, 0.5) is 0 Å². The zero-order valence-corrected chi connectivity index (χ0v) is 14.4. The van der Waals surface area contributed by atoms with Crippen LogP contribution in [0.5, 0.6) is 11.6 Å². The Morgan fingerprint density at radius 2 is 1.74 bits per heavy atom. The lowest BCUT2D eigenvalue weighted by molar-refractivity contribution is 0.464. The standard InChI is InChI=1S/C21H15N5O/c1-2-6-17(7-3-1)27-20-11-10-19-21(23-20)26(25-24-19)14-15-8-9-18-16(13-15)5-4-12-22-18/h1-13H,14H2. The molecule has 0 amide bonds. The molecule has 5 rings (SSSR count). The number of aromatic nitrogens is 5. The Kier molecular flexibility index (Phi) is 3.72. The van der Waals surface area contributed by atoms with Gasteiger partial charge in [-0.15, -0.1) is 5.10 Å². The summed E-state index contributed by atoms with van der Waals surface area (Å²) in [4.78, 5) is 8.95. The molecule has 0 bridgehead atoms. The highest BCUT2D eigenvalue weighted by molar-refractivity contribution is 5.79. The third-order valence-electron chi connectivity index (χ3n) is 4.30. The number of rotatable bonds is 4. The average Bonchev–Trinajstić information content (AvgIpc) is 3.11. The van der Waals surface area contributed by atoms with E-state index in [1.54, 1.807) is 16.9 Å². The van der Waals surface area contributed by atoms with Crippen molar-refractivity contribution in [3.63, 3.8) is 0 Å². The van der Waals surface area contributed by atoms with E-state index in [0.717, 1.165) is 27.7 Å². The van der Waals surface area contributed by atoms with E-state index in [1.165, 1.54) is 0 Å². The maximum Gasteiger partial charge on any atom is 0.221 e. The summed E-state index contributed by atoms with van der Waals surface area (Å²) >= 11 is 0. The van der Waals surface area contributed by atoms with E-state index in [2.05, 4.69) is 32.4 Å². The Bertz CT molecular complexity index is 1230. The molecule has 3 aromatic heterocycles. The SMILES string of the molecule is c1ccc(Oc2ccc3nnn(Cc4ccc5ncccc5c4)c3n2)cc1. The fraction of sp³-hybridized carbons (Fsp3) is 0.0476. The second kappa shape index (κ2) is 6.49. The molecule has 0 unspecified atom stereocenters. The van der Waals surface area contributed by atoms with Crippen LogP contribution in [0.3, 0.4) is 0 Å². The summed E-state index contributed by atoms with van der Waals surface area (Å²) in [6, 6.07) is 23.4. The normalized spacial score (nSPS) is 11.1. The number of pyridine rings is 2. The fourth-order valence-corrected chi connectivity index (χ4v) is 3.01.